The highest BCUT2D eigenvalue weighted by molar-refractivity contribution is 7.17. The SMILES string of the molecule is COc1cc(C(C)=O)ccc1OCCCN1CCN(c2csc3ncccc23)CC1. The van der Waals surface area contributed by atoms with E-state index < -0.39 is 0 Å². The molecule has 0 bridgehead atoms. The number of hydrogen-bond acceptors (Lipinski definition) is 7. The molecule has 0 saturated carbocycles. The molecule has 158 valence electrons. The highest BCUT2D eigenvalue weighted by Gasteiger charge is 2.19. The average molecular weight is 426 g/mol. The van der Waals surface area contributed by atoms with Gasteiger partial charge in [-0.25, -0.2) is 4.98 Å². The standard InChI is InChI=1S/C23H27N3O3S/c1-17(27)18-6-7-21(22(15-18)28-2)29-14-4-9-25-10-12-26(13-11-25)20-16-30-23-19(20)5-3-8-24-23/h3,5-8,15-16H,4,9-14H2,1-2H3. The zero-order chi connectivity index (χ0) is 20.9. The van der Waals surface area contributed by atoms with Gasteiger partial charge in [0.2, 0.25) is 0 Å². The fourth-order valence-corrected chi connectivity index (χ4v) is 4.71. The number of anilines is 1. The molecule has 0 aliphatic carbocycles. The number of ketones is 1. The number of aromatic nitrogens is 1. The van der Waals surface area contributed by atoms with E-state index in [2.05, 4.69) is 26.2 Å². The Morgan fingerprint density at radius 2 is 2.00 bits per heavy atom. The topological polar surface area (TPSA) is 54.9 Å². The van der Waals surface area contributed by atoms with Gasteiger partial charge in [-0.15, -0.1) is 11.3 Å². The van der Waals surface area contributed by atoms with Gasteiger partial charge in [0.1, 0.15) is 4.83 Å². The predicted molar refractivity (Wildman–Crippen MR) is 121 cm³/mol. The highest BCUT2D eigenvalue weighted by atomic mass is 32.1. The van der Waals surface area contributed by atoms with Gasteiger partial charge in [0, 0.05) is 55.3 Å². The van der Waals surface area contributed by atoms with E-state index in [9.17, 15) is 4.79 Å². The molecule has 4 rings (SSSR count). The molecule has 0 radical (unpaired) electrons. The summed E-state index contributed by atoms with van der Waals surface area (Å²) in [6.07, 6.45) is 2.80. The van der Waals surface area contributed by atoms with Crippen LogP contribution in [0.4, 0.5) is 5.69 Å². The molecule has 0 N–H and O–H groups in total. The van der Waals surface area contributed by atoms with Crippen LogP contribution in [0.2, 0.25) is 0 Å². The van der Waals surface area contributed by atoms with Crippen molar-refractivity contribution in [3.63, 3.8) is 0 Å². The number of rotatable bonds is 8. The number of carbonyl (C=O) groups excluding carboxylic acids is 1. The minimum atomic E-state index is 0.0192. The highest BCUT2D eigenvalue weighted by Crippen LogP contribution is 2.32. The Kier molecular flexibility index (Phi) is 6.50. The summed E-state index contributed by atoms with van der Waals surface area (Å²) < 4.78 is 11.3. The number of Topliss-reactive ketones (excluding diaryl/α,β-unsaturated/α-hetero) is 1. The Labute approximate surface area is 181 Å². The Bertz CT molecular complexity index is 1010. The van der Waals surface area contributed by atoms with Crippen LogP contribution in [0.15, 0.2) is 41.9 Å². The molecular formula is C23H27N3O3S. The van der Waals surface area contributed by atoms with Gasteiger partial charge in [-0.05, 0) is 43.7 Å². The number of thiophene rings is 1. The fourth-order valence-electron chi connectivity index (χ4n) is 3.79. The number of piperazine rings is 1. The van der Waals surface area contributed by atoms with E-state index in [1.165, 1.54) is 11.1 Å². The van der Waals surface area contributed by atoms with Crippen molar-refractivity contribution < 1.29 is 14.3 Å². The number of benzene rings is 1. The second kappa shape index (κ2) is 9.45. The fraction of sp³-hybridized carbons (Fsp3) is 0.391. The number of ether oxygens (including phenoxy) is 2. The van der Waals surface area contributed by atoms with Gasteiger partial charge in [0.25, 0.3) is 0 Å². The summed E-state index contributed by atoms with van der Waals surface area (Å²) in [4.78, 5) is 22.0. The molecule has 1 fully saturated rings. The molecule has 3 heterocycles. The van der Waals surface area contributed by atoms with E-state index in [0.29, 0.717) is 23.7 Å². The molecule has 7 heteroatoms. The molecule has 1 aliphatic heterocycles. The second-order valence-corrected chi connectivity index (χ2v) is 8.29. The molecule has 0 amide bonds. The summed E-state index contributed by atoms with van der Waals surface area (Å²) in [5.41, 5.74) is 1.94. The monoisotopic (exact) mass is 425 g/mol. The largest absolute Gasteiger partial charge is 0.493 e. The Balaban J connectivity index is 1.23. The van der Waals surface area contributed by atoms with E-state index in [-0.39, 0.29) is 5.78 Å². The molecule has 30 heavy (non-hydrogen) atoms. The first-order valence-corrected chi connectivity index (χ1v) is 11.1. The molecular weight excluding hydrogens is 398 g/mol. The maximum absolute atomic E-state index is 11.5. The smallest absolute Gasteiger partial charge is 0.161 e. The first-order chi connectivity index (χ1) is 14.7. The van der Waals surface area contributed by atoms with Crippen molar-refractivity contribution in [2.45, 2.75) is 13.3 Å². The zero-order valence-corrected chi connectivity index (χ0v) is 18.3. The lowest BCUT2D eigenvalue weighted by Gasteiger charge is -2.35. The number of fused-ring (bicyclic) bond motifs is 1. The third kappa shape index (κ3) is 4.57. The van der Waals surface area contributed by atoms with E-state index in [1.807, 2.05) is 18.3 Å². The number of pyridine rings is 1. The third-order valence-corrected chi connectivity index (χ3v) is 6.38. The molecule has 1 aromatic carbocycles. The molecule has 1 aliphatic rings. The molecule has 6 nitrogen and oxygen atoms in total. The van der Waals surface area contributed by atoms with Crippen LogP contribution in [-0.4, -0.2) is 62.1 Å². The summed E-state index contributed by atoms with van der Waals surface area (Å²) in [5.74, 6) is 1.31. The Morgan fingerprint density at radius 1 is 1.17 bits per heavy atom. The van der Waals surface area contributed by atoms with Gasteiger partial charge in [-0.1, -0.05) is 0 Å². The van der Waals surface area contributed by atoms with Crippen LogP contribution in [0.5, 0.6) is 11.5 Å². The third-order valence-electron chi connectivity index (χ3n) is 5.49. The number of methoxy groups -OCH3 is 1. The minimum Gasteiger partial charge on any atom is -0.493 e. The van der Waals surface area contributed by atoms with E-state index in [1.54, 1.807) is 37.5 Å². The molecule has 2 aromatic heterocycles. The van der Waals surface area contributed by atoms with Crippen LogP contribution in [0.1, 0.15) is 23.7 Å². The number of carbonyl (C=O) groups is 1. The summed E-state index contributed by atoms with van der Waals surface area (Å²) in [6.45, 7) is 7.34. The minimum absolute atomic E-state index is 0.0192. The van der Waals surface area contributed by atoms with Crippen LogP contribution >= 0.6 is 11.3 Å². The van der Waals surface area contributed by atoms with E-state index in [4.69, 9.17) is 9.47 Å². The van der Waals surface area contributed by atoms with Crippen molar-refractivity contribution in [2.75, 3.05) is 51.3 Å². The predicted octanol–water partition coefficient (Wildman–Crippen LogP) is 4.10. The average Bonchev–Trinajstić information content (AvgIpc) is 3.21. The maximum Gasteiger partial charge on any atom is 0.161 e. The lowest BCUT2D eigenvalue weighted by Crippen LogP contribution is -2.46. The summed E-state index contributed by atoms with van der Waals surface area (Å²) in [7, 11) is 1.60. The molecule has 1 saturated heterocycles. The van der Waals surface area contributed by atoms with Crippen LogP contribution < -0.4 is 14.4 Å². The maximum atomic E-state index is 11.5. The summed E-state index contributed by atoms with van der Waals surface area (Å²) in [6, 6.07) is 9.50. The lowest BCUT2D eigenvalue weighted by atomic mass is 10.1. The van der Waals surface area contributed by atoms with Crippen LogP contribution in [0.25, 0.3) is 10.2 Å². The summed E-state index contributed by atoms with van der Waals surface area (Å²) >= 11 is 1.72. The Hall–Kier alpha value is -2.64. The molecule has 0 atom stereocenters. The van der Waals surface area contributed by atoms with Gasteiger partial charge in [0.15, 0.2) is 17.3 Å². The van der Waals surface area contributed by atoms with E-state index in [0.717, 1.165) is 44.0 Å². The van der Waals surface area contributed by atoms with Gasteiger partial charge in [-0.3, -0.25) is 9.69 Å². The van der Waals surface area contributed by atoms with Crippen LogP contribution in [0.3, 0.4) is 0 Å². The summed E-state index contributed by atoms with van der Waals surface area (Å²) in [5, 5.41) is 3.49. The molecule has 3 aromatic rings. The van der Waals surface area contributed by atoms with Gasteiger partial charge < -0.3 is 14.4 Å². The Morgan fingerprint density at radius 3 is 2.77 bits per heavy atom. The zero-order valence-electron chi connectivity index (χ0n) is 17.5. The molecule has 0 spiro atoms. The molecule has 0 unspecified atom stereocenters. The number of hydrogen-bond donors (Lipinski definition) is 0. The quantitative estimate of drug-likeness (QED) is 0.400. The van der Waals surface area contributed by atoms with Crippen molar-refractivity contribution in [2.24, 2.45) is 0 Å². The lowest BCUT2D eigenvalue weighted by molar-refractivity contribution is 0.101. The van der Waals surface area contributed by atoms with Crippen molar-refractivity contribution in [3.05, 3.63) is 47.5 Å². The second-order valence-electron chi connectivity index (χ2n) is 7.43. The number of nitrogens with zero attached hydrogens (tertiary/aromatic N) is 3. The first kappa shape index (κ1) is 20.6. The van der Waals surface area contributed by atoms with Gasteiger partial charge >= 0.3 is 0 Å². The van der Waals surface area contributed by atoms with Crippen LogP contribution in [0, 0.1) is 0 Å². The van der Waals surface area contributed by atoms with Crippen LogP contribution in [-0.2, 0) is 0 Å². The van der Waals surface area contributed by atoms with Crippen molar-refractivity contribution >= 4 is 33.0 Å². The van der Waals surface area contributed by atoms with Gasteiger partial charge in [0.05, 0.1) is 19.4 Å². The normalized spacial score (nSPS) is 14.8. The first-order valence-electron chi connectivity index (χ1n) is 10.3. The van der Waals surface area contributed by atoms with Gasteiger partial charge in [-0.2, -0.15) is 0 Å². The van der Waals surface area contributed by atoms with Crippen molar-refractivity contribution in [1.82, 2.24) is 9.88 Å². The van der Waals surface area contributed by atoms with Crippen molar-refractivity contribution in [1.29, 1.82) is 0 Å². The van der Waals surface area contributed by atoms with Crippen molar-refractivity contribution in [3.8, 4) is 11.5 Å². The van der Waals surface area contributed by atoms with E-state index >= 15 is 0 Å².